The monoisotopic (exact) mass is 424 g/mol. The molecule has 0 N–H and O–H groups in total. The molecule has 0 aliphatic carbocycles. The second-order valence-corrected chi connectivity index (χ2v) is 11.7. The summed E-state index contributed by atoms with van der Waals surface area (Å²) in [5.41, 5.74) is 1.81. The van der Waals surface area contributed by atoms with E-state index in [0.717, 1.165) is 21.5 Å². The maximum Gasteiger partial charge on any atom is 0.338 e. The van der Waals surface area contributed by atoms with Crippen molar-refractivity contribution in [2.45, 2.75) is 26.2 Å². The Bertz CT molecular complexity index is 1170. The second kappa shape index (κ2) is 8.52. The normalized spacial score (nSPS) is 11.6. The molecule has 0 aliphatic heterocycles. The van der Waals surface area contributed by atoms with Crippen molar-refractivity contribution in [2.24, 2.45) is 0 Å². The minimum atomic E-state index is -1.97. The molecule has 0 aromatic heterocycles. The van der Waals surface area contributed by atoms with E-state index in [-0.39, 0.29) is 11.4 Å². The Morgan fingerprint density at radius 1 is 0.774 bits per heavy atom. The van der Waals surface area contributed by atoms with Gasteiger partial charge in [0.25, 0.3) is 0 Å². The summed E-state index contributed by atoms with van der Waals surface area (Å²) in [4.78, 5) is 13.3. The van der Waals surface area contributed by atoms with Gasteiger partial charge in [-0.05, 0) is 26.9 Å². The standard InChI is InChI=1S/C28H28O2Si/c1-28(2,3)24-19-20-13-11-12-18-23(20)25(27(29)30-4)26(24)31(21-14-7-5-8-15-21)22-16-9-6-10-17-22/h5-19,31H,1-4H3. The van der Waals surface area contributed by atoms with Crippen LogP contribution in [0, 0.1) is 0 Å². The van der Waals surface area contributed by atoms with Crippen LogP contribution in [0.15, 0.2) is 91.0 Å². The average Bonchev–Trinajstić information content (AvgIpc) is 2.79. The Hall–Kier alpha value is -3.17. The van der Waals surface area contributed by atoms with E-state index in [4.69, 9.17) is 4.74 Å². The molecule has 0 bridgehead atoms. The summed E-state index contributed by atoms with van der Waals surface area (Å²) in [6.45, 7) is 6.68. The number of carbonyl (C=O) groups excluding carboxylic acids is 1. The number of hydrogen-bond donors (Lipinski definition) is 0. The number of benzene rings is 4. The van der Waals surface area contributed by atoms with Crippen LogP contribution in [0.3, 0.4) is 0 Å². The van der Waals surface area contributed by atoms with Crippen molar-refractivity contribution < 1.29 is 9.53 Å². The van der Waals surface area contributed by atoms with E-state index in [0.29, 0.717) is 0 Å². The fourth-order valence-electron chi connectivity index (χ4n) is 4.42. The summed E-state index contributed by atoms with van der Waals surface area (Å²) >= 11 is 0. The predicted octanol–water partition coefficient (Wildman–Crippen LogP) is 4.17. The third-order valence-electron chi connectivity index (χ3n) is 5.84. The molecule has 0 fully saturated rings. The molecule has 2 nitrogen and oxygen atoms in total. The van der Waals surface area contributed by atoms with Crippen LogP contribution in [-0.4, -0.2) is 21.9 Å². The van der Waals surface area contributed by atoms with E-state index in [9.17, 15) is 4.79 Å². The summed E-state index contributed by atoms with van der Waals surface area (Å²) in [5.74, 6) is -0.262. The molecule has 3 heteroatoms. The van der Waals surface area contributed by atoms with Crippen molar-refractivity contribution in [2.75, 3.05) is 7.11 Å². The van der Waals surface area contributed by atoms with Gasteiger partial charge in [-0.2, -0.15) is 0 Å². The highest BCUT2D eigenvalue weighted by atomic mass is 28.3. The summed E-state index contributed by atoms with van der Waals surface area (Å²) in [6, 6.07) is 31.7. The van der Waals surface area contributed by atoms with E-state index in [1.165, 1.54) is 23.0 Å². The molecule has 0 aliphatic rings. The Morgan fingerprint density at radius 2 is 1.29 bits per heavy atom. The molecular formula is C28H28O2Si. The Morgan fingerprint density at radius 3 is 1.81 bits per heavy atom. The van der Waals surface area contributed by atoms with Crippen molar-refractivity contribution in [1.82, 2.24) is 0 Å². The zero-order chi connectivity index (χ0) is 22.0. The van der Waals surface area contributed by atoms with E-state index in [1.54, 1.807) is 0 Å². The van der Waals surface area contributed by atoms with Crippen LogP contribution in [0.5, 0.6) is 0 Å². The number of esters is 1. The van der Waals surface area contributed by atoms with E-state index >= 15 is 0 Å². The van der Waals surface area contributed by atoms with E-state index in [1.807, 2.05) is 30.3 Å². The first kappa shape index (κ1) is 21.1. The first-order chi connectivity index (χ1) is 14.9. The van der Waals surface area contributed by atoms with Crippen LogP contribution in [-0.2, 0) is 10.2 Å². The minimum Gasteiger partial charge on any atom is -0.465 e. The quantitative estimate of drug-likeness (QED) is 0.279. The molecule has 0 unspecified atom stereocenters. The lowest BCUT2D eigenvalue weighted by atomic mass is 9.84. The molecule has 4 aromatic rings. The molecule has 4 aromatic carbocycles. The first-order valence-electron chi connectivity index (χ1n) is 10.7. The smallest absolute Gasteiger partial charge is 0.338 e. The molecular weight excluding hydrogens is 396 g/mol. The number of fused-ring (bicyclic) bond motifs is 1. The van der Waals surface area contributed by atoms with Crippen molar-refractivity contribution in [3.05, 3.63) is 102 Å². The third kappa shape index (κ3) is 4.06. The Labute approximate surface area is 186 Å². The van der Waals surface area contributed by atoms with Gasteiger partial charge in [0.1, 0.15) is 8.80 Å². The van der Waals surface area contributed by atoms with Gasteiger partial charge in [-0.15, -0.1) is 0 Å². The number of rotatable bonds is 4. The topological polar surface area (TPSA) is 26.3 Å². The maximum absolute atomic E-state index is 13.3. The van der Waals surface area contributed by atoms with Crippen LogP contribution < -0.4 is 15.6 Å². The number of methoxy groups -OCH3 is 1. The highest BCUT2D eigenvalue weighted by Crippen LogP contribution is 2.29. The molecule has 0 heterocycles. The summed E-state index contributed by atoms with van der Waals surface area (Å²) < 4.78 is 5.36. The highest BCUT2D eigenvalue weighted by molar-refractivity contribution is 6.96. The molecule has 0 radical (unpaired) electrons. The van der Waals surface area contributed by atoms with Gasteiger partial charge in [0.2, 0.25) is 0 Å². The highest BCUT2D eigenvalue weighted by Gasteiger charge is 2.32. The Balaban J connectivity index is 2.18. The Kier molecular flexibility index (Phi) is 5.79. The number of ether oxygens (including phenoxy) is 1. The summed E-state index contributed by atoms with van der Waals surface area (Å²) in [5, 5.41) is 5.78. The molecule has 0 atom stereocenters. The van der Waals surface area contributed by atoms with Crippen LogP contribution in [0.2, 0.25) is 0 Å². The molecule has 31 heavy (non-hydrogen) atoms. The van der Waals surface area contributed by atoms with Gasteiger partial charge in [-0.3, -0.25) is 0 Å². The zero-order valence-corrected chi connectivity index (χ0v) is 19.7. The van der Waals surface area contributed by atoms with Crippen LogP contribution in [0.4, 0.5) is 0 Å². The maximum atomic E-state index is 13.3. The van der Waals surface area contributed by atoms with Crippen LogP contribution in [0.1, 0.15) is 36.7 Å². The van der Waals surface area contributed by atoms with Crippen molar-refractivity contribution in [1.29, 1.82) is 0 Å². The van der Waals surface area contributed by atoms with Gasteiger partial charge in [0.05, 0.1) is 12.7 Å². The van der Waals surface area contributed by atoms with Crippen molar-refractivity contribution in [3.8, 4) is 0 Å². The molecule has 156 valence electrons. The molecule has 0 spiro atoms. The largest absolute Gasteiger partial charge is 0.465 e. The zero-order valence-electron chi connectivity index (χ0n) is 18.6. The number of carbonyl (C=O) groups is 1. The molecule has 4 rings (SSSR count). The second-order valence-electron chi connectivity index (χ2n) is 8.93. The van der Waals surface area contributed by atoms with Crippen molar-refractivity contribution in [3.63, 3.8) is 0 Å². The van der Waals surface area contributed by atoms with Gasteiger partial charge < -0.3 is 4.74 Å². The van der Waals surface area contributed by atoms with Gasteiger partial charge in [-0.25, -0.2) is 4.79 Å². The van der Waals surface area contributed by atoms with Gasteiger partial charge >= 0.3 is 5.97 Å². The minimum absolute atomic E-state index is 0.128. The lowest BCUT2D eigenvalue weighted by Crippen LogP contribution is -2.56. The SMILES string of the molecule is COC(=O)c1c([SiH](c2ccccc2)c2ccccc2)c(C(C)(C)C)cc2ccccc12. The summed E-state index contributed by atoms with van der Waals surface area (Å²) in [7, 11) is -0.487. The summed E-state index contributed by atoms with van der Waals surface area (Å²) in [6.07, 6.45) is 0. The lowest BCUT2D eigenvalue weighted by molar-refractivity contribution is 0.0604. The third-order valence-corrected chi connectivity index (χ3v) is 9.12. The van der Waals surface area contributed by atoms with Gasteiger partial charge in [-0.1, -0.05) is 122 Å². The predicted molar refractivity (Wildman–Crippen MR) is 133 cm³/mol. The number of hydrogen-bond acceptors (Lipinski definition) is 2. The van der Waals surface area contributed by atoms with Crippen LogP contribution >= 0.6 is 0 Å². The first-order valence-corrected chi connectivity index (χ1v) is 12.4. The molecule has 0 saturated heterocycles. The molecule has 0 saturated carbocycles. The van der Waals surface area contributed by atoms with Crippen LogP contribution in [0.25, 0.3) is 10.8 Å². The van der Waals surface area contributed by atoms with E-state index < -0.39 is 8.80 Å². The fraction of sp³-hybridized carbons (Fsp3) is 0.179. The fourth-order valence-corrected chi connectivity index (χ4v) is 8.08. The van der Waals surface area contributed by atoms with Gasteiger partial charge in [0.15, 0.2) is 0 Å². The van der Waals surface area contributed by atoms with Crippen molar-refractivity contribution >= 4 is 41.1 Å². The average molecular weight is 425 g/mol. The van der Waals surface area contributed by atoms with Gasteiger partial charge in [0, 0.05) is 0 Å². The lowest BCUT2D eigenvalue weighted by Gasteiger charge is -2.30. The molecule has 0 amide bonds. The van der Waals surface area contributed by atoms with E-state index in [2.05, 4.69) is 81.4 Å².